The summed E-state index contributed by atoms with van der Waals surface area (Å²) in [6, 6.07) is 27.1. The number of aromatic nitrogens is 1. The van der Waals surface area contributed by atoms with Gasteiger partial charge in [-0.2, -0.15) is 0 Å². The molecule has 37 heavy (non-hydrogen) atoms. The lowest BCUT2D eigenvalue weighted by atomic mass is 10.1. The third kappa shape index (κ3) is 5.57. The van der Waals surface area contributed by atoms with Gasteiger partial charge in [0.15, 0.2) is 23.0 Å². The fourth-order valence-electron chi connectivity index (χ4n) is 3.85. The van der Waals surface area contributed by atoms with Gasteiger partial charge in [0.05, 0.1) is 24.4 Å². The molecule has 0 aliphatic carbocycles. The zero-order chi connectivity index (χ0) is 25.6. The molecule has 0 aliphatic rings. The zero-order valence-corrected chi connectivity index (χ0v) is 21.3. The van der Waals surface area contributed by atoms with E-state index in [1.165, 1.54) is 0 Å². The Morgan fingerprint density at radius 2 is 1.35 bits per heavy atom. The van der Waals surface area contributed by atoms with Crippen LogP contribution in [0.15, 0.2) is 84.9 Å². The van der Waals surface area contributed by atoms with E-state index in [0.29, 0.717) is 41.8 Å². The number of methoxy groups -OCH3 is 2. The molecule has 0 atom stereocenters. The Bertz CT molecular complexity index is 1490. The number of aldehydes is 1. The molecule has 0 saturated carbocycles. The SMILES string of the molecule is COc1cc(C=O)ccc1OCc1ccc(COc2ccc(-c3nc4ccccc4s3)cc2OC)cc1. The molecule has 0 amide bonds. The molecular weight excluding hydrogens is 486 g/mol. The number of hydrogen-bond acceptors (Lipinski definition) is 7. The van der Waals surface area contributed by atoms with Crippen LogP contribution in [0.3, 0.4) is 0 Å². The van der Waals surface area contributed by atoms with Crippen molar-refractivity contribution in [3.05, 3.63) is 102 Å². The van der Waals surface area contributed by atoms with Gasteiger partial charge in [-0.05, 0) is 59.7 Å². The first-order valence-corrected chi connectivity index (χ1v) is 12.5. The molecule has 186 valence electrons. The van der Waals surface area contributed by atoms with Crippen molar-refractivity contribution in [2.24, 2.45) is 0 Å². The molecule has 1 heterocycles. The first kappa shape index (κ1) is 24.3. The maximum atomic E-state index is 11.0. The van der Waals surface area contributed by atoms with Crippen molar-refractivity contribution in [2.75, 3.05) is 14.2 Å². The molecule has 6 nitrogen and oxygen atoms in total. The number of ether oxygens (including phenoxy) is 4. The van der Waals surface area contributed by atoms with E-state index in [1.807, 2.05) is 60.7 Å². The lowest BCUT2D eigenvalue weighted by Gasteiger charge is -2.13. The number of benzene rings is 4. The minimum atomic E-state index is 0.374. The predicted molar refractivity (Wildman–Crippen MR) is 145 cm³/mol. The second kappa shape index (κ2) is 11.1. The molecule has 0 radical (unpaired) electrons. The summed E-state index contributed by atoms with van der Waals surface area (Å²) < 4.78 is 24.0. The molecule has 5 aromatic rings. The summed E-state index contributed by atoms with van der Waals surface area (Å²) in [5, 5.41) is 0.946. The normalized spacial score (nSPS) is 10.8. The van der Waals surface area contributed by atoms with Gasteiger partial charge in [0.2, 0.25) is 0 Å². The van der Waals surface area contributed by atoms with Crippen molar-refractivity contribution in [3.63, 3.8) is 0 Å². The largest absolute Gasteiger partial charge is 0.493 e. The minimum Gasteiger partial charge on any atom is -0.493 e. The van der Waals surface area contributed by atoms with Crippen LogP contribution in [0.4, 0.5) is 0 Å². The highest BCUT2D eigenvalue weighted by Crippen LogP contribution is 2.36. The van der Waals surface area contributed by atoms with Gasteiger partial charge in [-0.25, -0.2) is 4.98 Å². The average Bonchev–Trinajstić information content (AvgIpc) is 3.40. The average molecular weight is 512 g/mol. The lowest BCUT2D eigenvalue weighted by molar-refractivity contribution is 0.112. The molecule has 0 saturated heterocycles. The number of nitrogens with zero attached hydrogens (tertiary/aromatic N) is 1. The minimum absolute atomic E-state index is 0.374. The van der Waals surface area contributed by atoms with Crippen molar-refractivity contribution < 1.29 is 23.7 Å². The van der Waals surface area contributed by atoms with Crippen LogP contribution in [0, 0.1) is 0 Å². The number of hydrogen-bond donors (Lipinski definition) is 0. The summed E-state index contributed by atoms with van der Waals surface area (Å²) in [5.41, 5.74) is 4.55. The first-order chi connectivity index (χ1) is 18.2. The van der Waals surface area contributed by atoms with Crippen LogP contribution in [0.2, 0.25) is 0 Å². The summed E-state index contributed by atoms with van der Waals surface area (Å²) in [6.45, 7) is 0.776. The maximum Gasteiger partial charge on any atom is 0.161 e. The predicted octanol–water partition coefficient (Wildman–Crippen LogP) is 6.95. The molecule has 0 aliphatic heterocycles. The molecule has 0 fully saturated rings. The van der Waals surface area contributed by atoms with Gasteiger partial charge < -0.3 is 18.9 Å². The zero-order valence-electron chi connectivity index (χ0n) is 20.5. The lowest BCUT2D eigenvalue weighted by Crippen LogP contribution is -2.00. The molecule has 0 unspecified atom stereocenters. The van der Waals surface area contributed by atoms with E-state index in [0.717, 1.165) is 38.2 Å². The Labute approximate surface area is 219 Å². The van der Waals surface area contributed by atoms with Gasteiger partial charge in [0.1, 0.15) is 24.5 Å². The van der Waals surface area contributed by atoms with E-state index in [9.17, 15) is 4.79 Å². The van der Waals surface area contributed by atoms with Crippen molar-refractivity contribution in [3.8, 4) is 33.6 Å². The van der Waals surface area contributed by atoms with Gasteiger partial charge in [0, 0.05) is 11.1 Å². The number of carbonyl (C=O) groups is 1. The number of thiazole rings is 1. The molecule has 0 N–H and O–H groups in total. The van der Waals surface area contributed by atoms with E-state index in [-0.39, 0.29) is 0 Å². The topological polar surface area (TPSA) is 66.9 Å². The van der Waals surface area contributed by atoms with Crippen LogP contribution >= 0.6 is 11.3 Å². The molecule has 4 aromatic carbocycles. The quantitative estimate of drug-likeness (QED) is 0.189. The second-order valence-corrected chi connectivity index (χ2v) is 9.31. The summed E-state index contributed by atoms with van der Waals surface area (Å²) in [7, 11) is 3.19. The van der Waals surface area contributed by atoms with Crippen LogP contribution in [-0.4, -0.2) is 25.5 Å². The van der Waals surface area contributed by atoms with E-state index in [4.69, 9.17) is 23.9 Å². The number of rotatable bonds is 10. The second-order valence-electron chi connectivity index (χ2n) is 8.27. The highest BCUT2D eigenvalue weighted by atomic mass is 32.1. The smallest absolute Gasteiger partial charge is 0.161 e. The summed E-state index contributed by atoms with van der Waals surface area (Å²) in [5.74, 6) is 2.45. The van der Waals surface area contributed by atoms with Crippen molar-refractivity contribution in [1.82, 2.24) is 4.98 Å². The van der Waals surface area contributed by atoms with Crippen LogP contribution < -0.4 is 18.9 Å². The van der Waals surface area contributed by atoms with Crippen LogP contribution in [-0.2, 0) is 13.2 Å². The standard InChI is InChI=1S/C30H25NO5S/c1-33-27-15-22(17-32)11-13-25(27)35-18-20-7-9-21(10-8-20)19-36-26-14-12-23(16-28(26)34-2)30-31-24-5-3-4-6-29(24)37-30/h3-17H,18-19H2,1-2H3. The monoisotopic (exact) mass is 511 g/mol. The van der Waals surface area contributed by atoms with Crippen LogP contribution in [0.25, 0.3) is 20.8 Å². The number of carbonyl (C=O) groups excluding carboxylic acids is 1. The first-order valence-electron chi connectivity index (χ1n) is 11.7. The number of fused-ring (bicyclic) bond motifs is 1. The molecule has 1 aromatic heterocycles. The van der Waals surface area contributed by atoms with Crippen molar-refractivity contribution >= 4 is 27.8 Å². The van der Waals surface area contributed by atoms with E-state index in [1.54, 1.807) is 43.8 Å². The summed E-state index contributed by atoms with van der Waals surface area (Å²) in [4.78, 5) is 15.7. The molecule has 0 bridgehead atoms. The highest BCUT2D eigenvalue weighted by Gasteiger charge is 2.11. The van der Waals surface area contributed by atoms with Gasteiger partial charge in [-0.1, -0.05) is 36.4 Å². The highest BCUT2D eigenvalue weighted by molar-refractivity contribution is 7.21. The Morgan fingerprint density at radius 3 is 1.97 bits per heavy atom. The Hall–Kier alpha value is -4.36. The van der Waals surface area contributed by atoms with E-state index >= 15 is 0 Å². The fraction of sp³-hybridized carbons (Fsp3) is 0.133. The van der Waals surface area contributed by atoms with E-state index < -0.39 is 0 Å². The number of para-hydroxylation sites is 1. The summed E-state index contributed by atoms with van der Waals surface area (Å²) >= 11 is 1.65. The third-order valence-corrected chi connectivity index (χ3v) is 6.93. The van der Waals surface area contributed by atoms with Crippen LogP contribution in [0.1, 0.15) is 21.5 Å². The molecular formula is C30H25NO5S. The summed E-state index contributed by atoms with van der Waals surface area (Å²) in [6.07, 6.45) is 0.777. The van der Waals surface area contributed by atoms with E-state index in [2.05, 4.69) is 6.07 Å². The van der Waals surface area contributed by atoms with Crippen molar-refractivity contribution in [1.29, 1.82) is 0 Å². The molecule has 0 spiro atoms. The van der Waals surface area contributed by atoms with Crippen molar-refractivity contribution in [2.45, 2.75) is 13.2 Å². The van der Waals surface area contributed by atoms with Gasteiger partial charge >= 0.3 is 0 Å². The van der Waals surface area contributed by atoms with Gasteiger partial charge in [0.25, 0.3) is 0 Å². The van der Waals surface area contributed by atoms with Gasteiger partial charge in [-0.3, -0.25) is 4.79 Å². The van der Waals surface area contributed by atoms with Gasteiger partial charge in [-0.15, -0.1) is 11.3 Å². The molecule has 7 heteroatoms. The third-order valence-electron chi connectivity index (χ3n) is 5.84. The molecule has 5 rings (SSSR count). The Morgan fingerprint density at radius 1 is 0.730 bits per heavy atom. The Balaban J connectivity index is 1.21. The Kier molecular flexibility index (Phi) is 7.33. The van der Waals surface area contributed by atoms with Crippen LogP contribution in [0.5, 0.6) is 23.0 Å². The fourth-order valence-corrected chi connectivity index (χ4v) is 4.81. The maximum absolute atomic E-state index is 11.0.